The van der Waals surface area contributed by atoms with E-state index in [0.717, 1.165) is 12.8 Å². The molecule has 0 radical (unpaired) electrons. The van der Waals surface area contributed by atoms with Crippen LogP contribution in [0.1, 0.15) is 33.6 Å². The summed E-state index contributed by atoms with van der Waals surface area (Å²) < 4.78 is 32.5. The van der Waals surface area contributed by atoms with Crippen LogP contribution in [0.25, 0.3) is 0 Å². The number of benzene rings is 1. The van der Waals surface area contributed by atoms with Gasteiger partial charge in [-0.2, -0.15) is 0 Å². The average Bonchev–Trinajstić information content (AvgIpc) is 2.52. The van der Waals surface area contributed by atoms with E-state index in [1.54, 1.807) is 17.0 Å². The van der Waals surface area contributed by atoms with Crippen molar-refractivity contribution in [3.05, 3.63) is 24.3 Å². The van der Waals surface area contributed by atoms with Crippen LogP contribution in [0.15, 0.2) is 29.2 Å². The molecule has 1 aliphatic heterocycles. The van der Waals surface area contributed by atoms with Crippen molar-refractivity contribution < 1.29 is 17.9 Å². The second kappa shape index (κ2) is 7.98. The van der Waals surface area contributed by atoms with Crippen molar-refractivity contribution in [3.8, 4) is 5.75 Å². The quantitative estimate of drug-likeness (QED) is 0.848. The molecule has 1 aromatic rings. The molecule has 0 bridgehead atoms. The van der Waals surface area contributed by atoms with E-state index in [4.69, 9.17) is 4.74 Å². The lowest BCUT2D eigenvalue weighted by Crippen LogP contribution is -2.44. The number of amides is 1. The summed E-state index contributed by atoms with van der Waals surface area (Å²) in [5.74, 6) is 0.903. The van der Waals surface area contributed by atoms with Crippen molar-refractivity contribution in [1.82, 2.24) is 9.62 Å². The molecule has 24 heavy (non-hydrogen) atoms. The molecule has 0 aliphatic carbocycles. The molecule has 1 N–H and O–H groups in total. The zero-order valence-electron chi connectivity index (χ0n) is 14.5. The first kappa shape index (κ1) is 18.7. The summed E-state index contributed by atoms with van der Waals surface area (Å²) in [4.78, 5) is 14.0. The zero-order valence-corrected chi connectivity index (χ0v) is 15.3. The predicted molar refractivity (Wildman–Crippen MR) is 92.4 cm³/mol. The number of piperidine rings is 1. The van der Waals surface area contributed by atoms with Gasteiger partial charge in [0.2, 0.25) is 15.9 Å². The second-order valence-corrected chi connectivity index (χ2v) is 8.32. The number of carbonyl (C=O) groups excluding carboxylic acids is 1. The SMILES string of the molecule is CC1CCCN(C(=O)CNS(=O)(=O)c2ccc(OC(C)C)cc2)C1. The monoisotopic (exact) mass is 354 g/mol. The molecule has 1 atom stereocenters. The molecule has 1 aliphatic rings. The molecule has 6 nitrogen and oxygen atoms in total. The Kier molecular flexibility index (Phi) is 6.23. The first-order valence-electron chi connectivity index (χ1n) is 8.32. The second-order valence-electron chi connectivity index (χ2n) is 6.55. The Morgan fingerprint density at radius 3 is 2.58 bits per heavy atom. The number of hydrogen-bond donors (Lipinski definition) is 1. The summed E-state index contributed by atoms with van der Waals surface area (Å²) in [6.45, 7) is 7.09. The maximum absolute atomic E-state index is 12.3. The highest BCUT2D eigenvalue weighted by Crippen LogP contribution is 2.18. The zero-order chi connectivity index (χ0) is 17.7. The van der Waals surface area contributed by atoms with Gasteiger partial charge >= 0.3 is 0 Å². The van der Waals surface area contributed by atoms with E-state index in [1.165, 1.54) is 12.1 Å². The van der Waals surface area contributed by atoms with Gasteiger partial charge < -0.3 is 9.64 Å². The van der Waals surface area contributed by atoms with E-state index in [1.807, 2.05) is 13.8 Å². The van der Waals surface area contributed by atoms with Crippen LogP contribution in [0, 0.1) is 5.92 Å². The van der Waals surface area contributed by atoms with Crippen molar-refractivity contribution in [3.63, 3.8) is 0 Å². The molecule has 1 amide bonds. The van der Waals surface area contributed by atoms with Crippen LogP contribution in [0.2, 0.25) is 0 Å². The van der Waals surface area contributed by atoms with Crippen molar-refractivity contribution in [2.24, 2.45) is 5.92 Å². The lowest BCUT2D eigenvalue weighted by molar-refractivity contribution is -0.131. The topological polar surface area (TPSA) is 75.7 Å². The molecule has 7 heteroatoms. The number of rotatable bonds is 6. The van der Waals surface area contributed by atoms with E-state index in [9.17, 15) is 13.2 Å². The molecule has 1 heterocycles. The maximum atomic E-state index is 12.3. The van der Waals surface area contributed by atoms with Gasteiger partial charge in [-0.3, -0.25) is 4.79 Å². The third-order valence-electron chi connectivity index (χ3n) is 3.93. The molecule has 0 saturated carbocycles. The Bertz CT molecular complexity index is 656. The van der Waals surface area contributed by atoms with Gasteiger partial charge in [0.05, 0.1) is 17.5 Å². The number of carbonyl (C=O) groups is 1. The first-order valence-corrected chi connectivity index (χ1v) is 9.80. The van der Waals surface area contributed by atoms with Crippen LogP contribution < -0.4 is 9.46 Å². The lowest BCUT2D eigenvalue weighted by atomic mass is 10.0. The molecule has 1 aromatic carbocycles. The largest absolute Gasteiger partial charge is 0.491 e. The third-order valence-corrected chi connectivity index (χ3v) is 5.35. The standard InChI is InChI=1S/C17H26N2O4S/c1-13(2)23-15-6-8-16(9-7-15)24(21,22)18-11-17(20)19-10-4-5-14(3)12-19/h6-9,13-14,18H,4-5,10-12H2,1-3H3. The summed E-state index contributed by atoms with van der Waals surface area (Å²) >= 11 is 0. The smallest absolute Gasteiger partial charge is 0.241 e. The van der Waals surface area contributed by atoms with Gasteiger partial charge in [0.15, 0.2) is 0 Å². The van der Waals surface area contributed by atoms with Gasteiger partial charge in [-0.05, 0) is 56.9 Å². The van der Waals surface area contributed by atoms with Crippen LogP contribution >= 0.6 is 0 Å². The lowest BCUT2D eigenvalue weighted by Gasteiger charge is -2.31. The fourth-order valence-corrected chi connectivity index (χ4v) is 3.71. The van der Waals surface area contributed by atoms with Gasteiger partial charge in [0, 0.05) is 13.1 Å². The predicted octanol–water partition coefficient (Wildman–Crippen LogP) is 2.01. The third kappa shape index (κ3) is 5.21. The number of ether oxygens (including phenoxy) is 1. The van der Waals surface area contributed by atoms with Crippen molar-refractivity contribution in [1.29, 1.82) is 0 Å². The molecule has 2 rings (SSSR count). The highest BCUT2D eigenvalue weighted by atomic mass is 32.2. The van der Waals surface area contributed by atoms with E-state index in [0.29, 0.717) is 24.8 Å². The normalized spacial score (nSPS) is 18.7. The van der Waals surface area contributed by atoms with Crippen LogP contribution in [0.5, 0.6) is 5.75 Å². The van der Waals surface area contributed by atoms with Gasteiger partial charge in [0.1, 0.15) is 5.75 Å². The Labute approximate surface area is 144 Å². The summed E-state index contributed by atoms with van der Waals surface area (Å²) in [5.41, 5.74) is 0. The number of sulfonamides is 1. The van der Waals surface area contributed by atoms with E-state index < -0.39 is 10.0 Å². The Morgan fingerprint density at radius 1 is 1.33 bits per heavy atom. The summed E-state index contributed by atoms with van der Waals surface area (Å²) in [5, 5.41) is 0. The Balaban J connectivity index is 1.94. The molecule has 1 saturated heterocycles. The summed E-state index contributed by atoms with van der Waals surface area (Å²) in [6, 6.07) is 6.19. The fourth-order valence-electron chi connectivity index (χ4n) is 2.74. The molecule has 134 valence electrons. The highest BCUT2D eigenvalue weighted by molar-refractivity contribution is 7.89. The molecular weight excluding hydrogens is 328 g/mol. The number of nitrogens with zero attached hydrogens (tertiary/aromatic N) is 1. The van der Waals surface area contributed by atoms with E-state index >= 15 is 0 Å². The van der Waals surface area contributed by atoms with Crippen molar-refractivity contribution in [2.45, 2.75) is 44.6 Å². The number of nitrogens with one attached hydrogen (secondary N) is 1. The van der Waals surface area contributed by atoms with Crippen molar-refractivity contribution in [2.75, 3.05) is 19.6 Å². The molecule has 0 spiro atoms. The van der Waals surface area contributed by atoms with Gasteiger partial charge in [0.25, 0.3) is 0 Å². The fraction of sp³-hybridized carbons (Fsp3) is 0.588. The molecular formula is C17H26N2O4S. The van der Waals surface area contributed by atoms with Gasteiger partial charge in [-0.1, -0.05) is 6.92 Å². The maximum Gasteiger partial charge on any atom is 0.241 e. The number of hydrogen-bond acceptors (Lipinski definition) is 4. The average molecular weight is 354 g/mol. The minimum absolute atomic E-state index is 0.0233. The minimum atomic E-state index is -3.71. The Hall–Kier alpha value is -1.60. The van der Waals surface area contributed by atoms with Gasteiger partial charge in [-0.25, -0.2) is 13.1 Å². The van der Waals surface area contributed by atoms with Gasteiger partial charge in [-0.15, -0.1) is 0 Å². The number of likely N-dealkylation sites (tertiary alicyclic amines) is 1. The van der Waals surface area contributed by atoms with E-state index in [-0.39, 0.29) is 23.5 Å². The minimum Gasteiger partial charge on any atom is -0.491 e. The van der Waals surface area contributed by atoms with E-state index in [2.05, 4.69) is 11.6 Å². The van der Waals surface area contributed by atoms with Crippen LogP contribution in [0.3, 0.4) is 0 Å². The molecule has 1 fully saturated rings. The van der Waals surface area contributed by atoms with Crippen LogP contribution in [-0.2, 0) is 14.8 Å². The summed E-state index contributed by atoms with van der Waals surface area (Å²) in [6.07, 6.45) is 2.10. The van der Waals surface area contributed by atoms with Crippen LogP contribution in [-0.4, -0.2) is 45.0 Å². The first-order chi connectivity index (χ1) is 11.3. The molecule has 0 aromatic heterocycles. The highest BCUT2D eigenvalue weighted by Gasteiger charge is 2.23. The Morgan fingerprint density at radius 2 is 2.00 bits per heavy atom. The summed E-state index contributed by atoms with van der Waals surface area (Å²) in [7, 11) is -3.71. The molecule has 1 unspecified atom stereocenters. The van der Waals surface area contributed by atoms with Crippen molar-refractivity contribution >= 4 is 15.9 Å². The van der Waals surface area contributed by atoms with Crippen LogP contribution in [0.4, 0.5) is 0 Å².